The predicted molar refractivity (Wildman–Crippen MR) is 109 cm³/mol. The van der Waals surface area contributed by atoms with Gasteiger partial charge in [0.15, 0.2) is 17.5 Å². The molecule has 1 aromatic carbocycles. The highest BCUT2D eigenvalue weighted by atomic mass is 19.2. The van der Waals surface area contributed by atoms with E-state index in [4.69, 9.17) is 4.74 Å². The minimum atomic E-state index is -1.68. The smallest absolute Gasteiger partial charge is 0.294 e. The minimum Gasteiger partial charge on any atom is -0.373 e. The Morgan fingerprint density at radius 1 is 1.06 bits per heavy atom. The molecule has 176 valence electrons. The number of aromatic nitrogens is 1. The molecule has 3 amide bonds. The van der Waals surface area contributed by atoms with E-state index >= 15 is 0 Å². The molecule has 9 nitrogen and oxygen atoms in total. The van der Waals surface area contributed by atoms with Crippen molar-refractivity contribution in [3.05, 3.63) is 52.6 Å². The van der Waals surface area contributed by atoms with E-state index in [-0.39, 0.29) is 42.4 Å². The number of hydrogen-bond donors (Lipinski definition) is 3. The lowest BCUT2D eigenvalue weighted by molar-refractivity contribution is -0.130. The molecule has 1 aromatic heterocycles. The van der Waals surface area contributed by atoms with Crippen LogP contribution in [0.4, 0.5) is 18.9 Å². The molecule has 0 fully saturated rings. The van der Waals surface area contributed by atoms with Gasteiger partial charge in [0, 0.05) is 31.4 Å². The summed E-state index contributed by atoms with van der Waals surface area (Å²) in [6, 6.07) is 2.37. The van der Waals surface area contributed by atoms with Gasteiger partial charge in [-0.2, -0.15) is 0 Å². The third kappa shape index (κ3) is 4.75. The zero-order valence-corrected chi connectivity index (χ0v) is 18.0. The molecule has 3 rings (SSSR count). The average Bonchev–Trinajstić information content (AvgIpc) is 3.15. The van der Waals surface area contributed by atoms with Crippen LogP contribution < -0.4 is 16.0 Å². The molecule has 3 N–H and O–H groups in total. The fourth-order valence-corrected chi connectivity index (χ4v) is 3.36. The molecule has 1 aliphatic rings. The second-order valence-electron chi connectivity index (χ2n) is 7.79. The summed E-state index contributed by atoms with van der Waals surface area (Å²) in [7, 11) is 1.38. The van der Waals surface area contributed by atoms with Crippen LogP contribution in [0.3, 0.4) is 0 Å². The molecule has 1 aliphatic heterocycles. The number of carbonyl (C=O) groups excluding carboxylic acids is 4. The van der Waals surface area contributed by atoms with Gasteiger partial charge in [-0.25, -0.2) is 13.2 Å². The number of likely N-dealkylation sites (N-methyl/N-ethyl adjacent to an activating group) is 1. The molecule has 12 heteroatoms. The van der Waals surface area contributed by atoms with Gasteiger partial charge in [-0.15, -0.1) is 0 Å². The van der Waals surface area contributed by atoms with Gasteiger partial charge in [-0.1, -0.05) is 0 Å². The predicted octanol–water partition coefficient (Wildman–Crippen LogP) is 1.51. The Morgan fingerprint density at radius 3 is 2.30 bits per heavy atom. The number of benzene rings is 1. The largest absolute Gasteiger partial charge is 0.373 e. The molecule has 0 saturated carbocycles. The van der Waals surface area contributed by atoms with Crippen molar-refractivity contribution in [1.29, 1.82) is 0 Å². The molecular weight excluding hydrogens is 445 g/mol. The molecule has 0 unspecified atom stereocenters. The Bertz CT molecular complexity index is 1140. The van der Waals surface area contributed by atoms with Gasteiger partial charge in [-0.3, -0.25) is 19.2 Å². The Labute approximate surface area is 186 Å². The van der Waals surface area contributed by atoms with Gasteiger partial charge in [0.1, 0.15) is 5.54 Å². The Morgan fingerprint density at radius 2 is 1.70 bits per heavy atom. The lowest BCUT2D eigenvalue weighted by Gasteiger charge is -2.24. The van der Waals surface area contributed by atoms with Crippen molar-refractivity contribution in [3.8, 4) is 0 Å². The van der Waals surface area contributed by atoms with Gasteiger partial charge in [-0.05, 0) is 19.9 Å². The minimum absolute atomic E-state index is 0.0620. The van der Waals surface area contributed by atoms with Crippen LogP contribution in [0.2, 0.25) is 0 Å². The van der Waals surface area contributed by atoms with Crippen molar-refractivity contribution >= 4 is 29.2 Å². The van der Waals surface area contributed by atoms with Crippen LogP contribution in [0.5, 0.6) is 0 Å². The van der Waals surface area contributed by atoms with Crippen LogP contribution in [-0.2, 0) is 27.5 Å². The Hall–Kier alpha value is -3.67. The standard InChI is InChI=1S/C21H21F3N4O5/c1-21(2,20(32)25-3)27-19(31)17(29)14-8-11(15-9-33-5-4-28(14)15)18(30)26-10-6-12(22)16(24)13(23)7-10/h6-8H,4-5,9H2,1-3H3,(H,25,32)(H,26,30)(H,27,31). The van der Waals surface area contributed by atoms with Crippen LogP contribution in [0.1, 0.15) is 40.4 Å². The number of rotatable bonds is 6. The molecule has 0 aliphatic carbocycles. The summed E-state index contributed by atoms with van der Waals surface area (Å²) in [5.74, 6) is -8.08. The van der Waals surface area contributed by atoms with Crippen LogP contribution in [-0.4, -0.2) is 47.3 Å². The quantitative estimate of drug-likeness (QED) is 0.339. The van der Waals surface area contributed by atoms with Crippen molar-refractivity contribution in [2.75, 3.05) is 19.0 Å². The normalized spacial score (nSPS) is 13.2. The molecule has 0 saturated heterocycles. The van der Waals surface area contributed by atoms with E-state index in [1.165, 1.54) is 25.5 Å². The summed E-state index contributed by atoms with van der Waals surface area (Å²) in [5.41, 5.74) is -1.64. The monoisotopic (exact) mass is 466 g/mol. The number of Topliss-reactive ketones (excluding diaryl/α,β-unsaturated/α-hetero) is 1. The number of amides is 3. The Kier molecular flexibility index (Phi) is 6.58. The molecule has 2 aromatic rings. The number of carbonyl (C=O) groups is 4. The van der Waals surface area contributed by atoms with Crippen LogP contribution in [0, 0.1) is 17.5 Å². The van der Waals surface area contributed by atoms with Gasteiger partial charge in [0.2, 0.25) is 5.91 Å². The third-order valence-corrected chi connectivity index (χ3v) is 5.05. The first-order valence-electron chi connectivity index (χ1n) is 9.81. The molecule has 0 atom stereocenters. The first-order chi connectivity index (χ1) is 15.5. The van der Waals surface area contributed by atoms with Crippen molar-refractivity contribution in [1.82, 2.24) is 15.2 Å². The summed E-state index contributed by atoms with van der Waals surface area (Å²) >= 11 is 0. The fourth-order valence-electron chi connectivity index (χ4n) is 3.36. The highest BCUT2D eigenvalue weighted by Gasteiger charge is 2.34. The molecule has 0 radical (unpaired) electrons. The van der Waals surface area contributed by atoms with Crippen LogP contribution in [0.25, 0.3) is 0 Å². The van der Waals surface area contributed by atoms with E-state index in [9.17, 15) is 32.3 Å². The lowest BCUT2D eigenvalue weighted by Crippen LogP contribution is -2.55. The summed E-state index contributed by atoms with van der Waals surface area (Å²) < 4.78 is 46.9. The van der Waals surface area contributed by atoms with Gasteiger partial charge in [0.25, 0.3) is 17.6 Å². The maximum absolute atomic E-state index is 13.5. The lowest BCUT2D eigenvalue weighted by atomic mass is 10.0. The van der Waals surface area contributed by atoms with E-state index in [0.717, 1.165) is 6.07 Å². The van der Waals surface area contributed by atoms with Gasteiger partial charge in [0.05, 0.1) is 30.2 Å². The van der Waals surface area contributed by atoms with E-state index < -0.39 is 46.5 Å². The first-order valence-corrected chi connectivity index (χ1v) is 9.81. The molecule has 0 bridgehead atoms. The molecular formula is C21H21F3N4O5. The molecule has 0 spiro atoms. The number of ether oxygens (including phenoxy) is 1. The summed E-state index contributed by atoms with van der Waals surface area (Å²) in [4.78, 5) is 50.1. The zero-order chi connectivity index (χ0) is 24.5. The van der Waals surface area contributed by atoms with E-state index in [2.05, 4.69) is 16.0 Å². The second-order valence-corrected chi connectivity index (χ2v) is 7.79. The van der Waals surface area contributed by atoms with Crippen molar-refractivity contribution in [3.63, 3.8) is 0 Å². The van der Waals surface area contributed by atoms with Gasteiger partial charge >= 0.3 is 0 Å². The van der Waals surface area contributed by atoms with Crippen LogP contribution >= 0.6 is 0 Å². The van der Waals surface area contributed by atoms with Crippen molar-refractivity contribution < 1.29 is 37.1 Å². The number of anilines is 1. The maximum atomic E-state index is 13.5. The number of ketones is 1. The number of hydrogen-bond acceptors (Lipinski definition) is 5. The van der Waals surface area contributed by atoms with E-state index in [0.29, 0.717) is 12.1 Å². The average molecular weight is 466 g/mol. The number of nitrogens with one attached hydrogen (secondary N) is 3. The number of fused-ring (bicyclic) bond motifs is 1. The molecule has 33 heavy (non-hydrogen) atoms. The number of nitrogens with zero attached hydrogens (tertiary/aromatic N) is 1. The Balaban J connectivity index is 1.91. The van der Waals surface area contributed by atoms with Gasteiger partial charge < -0.3 is 25.3 Å². The summed E-state index contributed by atoms with van der Waals surface area (Å²) in [6.07, 6.45) is 0. The van der Waals surface area contributed by atoms with E-state index in [1.807, 2.05) is 0 Å². The first kappa shape index (κ1) is 24.0. The van der Waals surface area contributed by atoms with Crippen molar-refractivity contribution in [2.45, 2.75) is 32.5 Å². The highest BCUT2D eigenvalue weighted by molar-refractivity contribution is 6.43. The van der Waals surface area contributed by atoms with E-state index in [1.54, 1.807) is 0 Å². The maximum Gasteiger partial charge on any atom is 0.294 e. The van der Waals surface area contributed by atoms with Crippen LogP contribution in [0.15, 0.2) is 18.2 Å². The topological polar surface area (TPSA) is 119 Å². The number of halogens is 3. The second kappa shape index (κ2) is 9.06. The SMILES string of the molecule is CNC(=O)C(C)(C)NC(=O)C(=O)c1cc(C(=O)Nc2cc(F)c(F)c(F)c2)c2n1CCOC2. The zero-order valence-electron chi connectivity index (χ0n) is 18.0. The van der Waals surface area contributed by atoms with Crippen molar-refractivity contribution in [2.24, 2.45) is 0 Å². The summed E-state index contributed by atoms with van der Waals surface area (Å²) in [5, 5.41) is 6.96. The summed E-state index contributed by atoms with van der Waals surface area (Å²) in [6.45, 7) is 3.14. The molecule has 2 heterocycles. The highest BCUT2D eigenvalue weighted by Crippen LogP contribution is 2.24. The third-order valence-electron chi connectivity index (χ3n) is 5.05. The fraction of sp³-hybridized carbons (Fsp3) is 0.333.